The first-order valence-electron chi connectivity index (χ1n) is 7.22. The van der Waals surface area contributed by atoms with E-state index < -0.39 is 5.60 Å². The van der Waals surface area contributed by atoms with Gasteiger partial charge in [-0.1, -0.05) is 6.07 Å². The third-order valence-electron chi connectivity index (χ3n) is 3.64. The number of amides is 1. The summed E-state index contributed by atoms with van der Waals surface area (Å²) in [5.74, 6) is 0.0334. The summed E-state index contributed by atoms with van der Waals surface area (Å²) < 4.78 is 5.36. The number of furan rings is 1. The predicted octanol–water partition coefficient (Wildman–Crippen LogP) is 2.88. The molecular formula is C18H14N2O3S. The number of benzene rings is 1. The summed E-state index contributed by atoms with van der Waals surface area (Å²) in [6, 6.07) is 15.3. The molecule has 2 aromatic heterocycles. The molecule has 2 N–H and O–H groups in total. The highest BCUT2D eigenvalue weighted by molar-refractivity contribution is 7.10. The van der Waals surface area contributed by atoms with Crippen LogP contribution in [0.25, 0.3) is 0 Å². The standard InChI is InChI=1S/C18H14N2O3S/c19-11-13-5-7-14(8-6-13)17(21)20-12-18(22,15-3-1-9-23-15)16-4-2-10-24-16/h1-10,22H,12H2,(H,20,21). The lowest BCUT2D eigenvalue weighted by molar-refractivity contribution is 0.0554. The van der Waals surface area contributed by atoms with Crippen LogP contribution in [-0.4, -0.2) is 17.6 Å². The highest BCUT2D eigenvalue weighted by Gasteiger charge is 2.36. The summed E-state index contributed by atoms with van der Waals surface area (Å²) in [7, 11) is 0. The number of aliphatic hydroxyl groups is 1. The first-order chi connectivity index (χ1) is 11.6. The van der Waals surface area contributed by atoms with E-state index in [9.17, 15) is 9.90 Å². The molecule has 3 rings (SSSR count). The molecule has 1 aromatic carbocycles. The van der Waals surface area contributed by atoms with Gasteiger partial charge in [0.2, 0.25) is 0 Å². The number of carbonyl (C=O) groups excluding carboxylic acids is 1. The van der Waals surface area contributed by atoms with Crippen LogP contribution >= 0.6 is 11.3 Å². The molecule has 0 aliphatic carbocycles. The first-order valence-corrected chi connectivity index (χ1v) is 8.10. The molecule has 1 atom stereocenters. The average Bonchev–Trinajstić information content (AvgIpc) is 3.33. The molecule has 0 saturated carbocycles. The van der Waals surface area contributed by atoms with Crippen LogP contribution in [0.1, 0.15) is 26.6 Å². The van der Waals surface area contributed by atoms with Gasteiger partial charge in [0.25, 0.3) is 5.91 Å². The molecule has 1 unspecified atom stereocenters. The fraction of sp³-hybridized carbons (Fsp3) is 0.111. The quantitative estimate of drug-likeness (QED) is 0.749. The van der Waals surface area contributed by atoms with E-state index in [4.69, 9.17) is 9.68 Å². The van der Waals surface area contributed by atoms with Gasteiger partial charge in [-0.15, -0.1) is 11.3 Å². The third kappa shape index (κ3) is 3.08. The Labute approximate surface area is 142 Å². The van der Waals surface area contributed by atoms with Gasteiger partial charge >= 0.3 is 0 Å². The van der Waals surface area contributed by atoms with Gasteiger partial charge in [-0.3, -0.25) is 4.79 Å². The number of hydrogen-bond acceptors (Lipinski definition) is 5. The number of carbonyl (C=O) groups is 1. The minimum Gasteiger partial charge on any atom is -0.466 e. The Morgan fingerprint density at radius 3 is 2.62 bits per heavy atom. The highest BCUT2D eigenvalue weighted by atomic mass is 32.1. The molecule has 3 aromatic rings. The van der Waals surface area contributed by atoms with E-state index in [1.54, 1.807) is 42.5 Å². The van der Waals surface area contributed by atoms with Crippen molar-refractivity contribution in [3.63, 3.8) is 0 Å². The van der Waals surface area contributed by atoms with Crippen molar-refractivity contribution in [3.05, 3.63) is 81.9 Å². The van der Waals surface area contributed by atoms with Gasteiger partial charge in [-0.2, -0.15) is 5.26 Å². The van der Waals surface area contributed by atoms with Crippen molar-refractivity contribution in [1.29, 1.82) is 5.26 Å². The van der Waals surface area contributed by atoms with Crippen molar-refractivity contribution in [3.8, 4) is 6.07 Å². The Hall–Kier alpha value is -2.88. The summed E-state index contributed by atoms with van der Waals surface area (Å²) in [6.07, 6.45) is 1.48. The summed E-state index contributed by atoms with van der Waals surface area (Å²) in [6.45, 7) is -0.0279. The molecule has 0 fully saturated rings. The molecule has 0 aliphatic rings. The van der Waals surface area contributed by atoms with Crippen molar-refractivity contribution in [2.24, 2.45) is 0 Å². The Balaban J connectivity index is 1.79. The largest absolute Gasteiger partial charge is 0.466 e. The second kappa shape index (κ2) is 6.71. The maximum absolute atomic E-state index is 12.3. The minimum atomic E-state index is -1.43. The van der Waals surface area contributed by atoms with Crippen molar-refractivity contribution in [2.45, 2.75) is 5.60 Å². The van der Waals surface area contributed by atoms with Gasteiger partial charge in [-0.25, -0.2) is 0 Å². The molecule has 0 saturated heterocycles. The number of thiophene rings is 1. The first kappa shape index (κ1) is 16.0. The molecule has 2 heterocycles. The van der Waals surface area contributed by atoms with Crippen LogP contribution in [0.2, 0.25) is 0 Å². The topological polar surface area (TPSA) is 86.3 Å². The normalized spacial score (nSPS) is 13.0. The van der Waals surface area contributed by atoms with Gasteiger partial charge < -0.3 is 14.8 Å². The van der Waals surface area contributed by atoms with Crippen LogP contribution in [0.15, 0.2) is 64.6 Å². The number of nitriles is 1. The number of hydrogen-bond donors (Lipinski definition) is 2. The Kier molecular flexibility index (Phi) is 4.47. The molecule has 5 nitrogen and oxygen atoms in total. The van der Waals surface area contributed by atoms with Crippen molar-refractivity contribution in [1.82, 2.24) is 5.32 Å². The van der Waals surface area contributed by atoms with Crippen LogP contribution in [0.3, 0.4) is 0 Å². The molecule has 6 heteroatoms. The van der Waals surface area contributed by atoms with E-state index in [1.807, 2.05) is 17.5 Å². The zero-order valence-corrected chi connectivity index (χ0v) is 13.4. The summed E-state index contributed by atoms with van der Waals surface area (Å²) >= 11 is 1.38. The Morgan fingerprint density at radius 1 is 1.25 bits per heavy atom. The third-order valence-corrected chi connectivity index (χ3v) is 4.66. The van der Waals surface area contributed by atoms with E-state index in [0.717, 1.165) is 0 Å². The average molecular weight is 338 g/mol. The van der Waals surface area contributed by atoms with Crippen molar-refractivity contribution < 1.29 is 14.3 Å². The van der Waals surface area contributed by atoms with Crippen LogP contribution in [-0.2, 0) is 5.60 Å². The second-order valence-electron chi connectivity index (χ2n) is 5.19. The molecule has 0 bridgehead atoms. The van der Waals surface area contributed by atoms with E-state index >= 15 is 0 Å². The van der Waals surface area contributed by atoms with E-state index in [2.05, 4.69) is 5.32 Å². The fourth-order valence-corrected chi connectivity index (χ4v) is 3.16. The predicted molar refractivity (Wildman–Crippen MR) is 89.5 cm³/mol. The zero-order valence-electron chi connectivity index (χ0n) is 12.6. The van der Waals surface area contributed by atoms with Gasteiger partial charge in [0.15, 0.2) is 5.60 Å². The van der Waals surface area contributed by atoms with Crippen LogP contribution in [0.5, 0.6) is 0 Å². The zero-order chi connectivity index (χ0) is 17.0. The second-order valence-corrected chi connectivity index (χ2v) is 6.13. The summed E-state index contributed by atoms with van der Waals surface area (Å²) in [4.78, 5) is 13.0. The maximum Gasteiger partial charge on any atom is 0.251 e. The lowest BCUT2D eigenvalue weighted by Gasteiger charge is -2.25. The number of rotatable bonds is 5. The van der Waals surface area contributed by atoms with Gasteiger partial charge in [-0.05, 0) is 47.8 Å². The minimum absolute atomic E-state index is 0.0279. The highest BCUT2D eigenvalue weighted by Crippen LogP contribution is 2.32. The molecule has 0 aliphatic heterocycles. The van der Waals surface area contributed by atoms with Crippen molar-refractivity contribution >= 4 is 17.2 Å². The molecule has 0 spiro atoms. The van der Waals surface area contributed by atoms with Gasteiger partial charge in [0.1, 0.15) is 5.76 Å². The van der Waals surface area contributed by atoms with E-state index in [0.29, 0.717) is 21.8 Å². The van der Waals surface area contributed by atoms with Gasteiger partial charge in [0.05, 0.1) is 24.4 Å². The Bertz CT molecular complexity index is 813. The molecular weight excluding hydrogens is 324 g/mol. The van der Waals surface area contributed by atoms with Crippen LogP contribution in [0.4, 0.5) is 0 Å². The van der Waals surface area contributed by atoms with Gasteiger partial charge in [0, 0.05) is 10.4 Å². The van der Waals surface area contributed by atoms with E-state index in [-0.39, 0.29) is 12.5 Å². The molecule has 24 heavy (non-hydrogen) atoms. The number of nitrogens with one attached hydrogen (secondary N) is 1. The smallest absolute Gasteiger partial charge is 0.251 e. The lowest BCUT2D eigenvalue weighted by Crippen LogP contribution is -2.41. The number of nitrogens with zero attached hydrogens (tertiary/aromatic N) is 1. The molecule has 0 radical (unpaired) electrons. The fourth-order valence-electron chi connectivity index (χ4n) is 2.33. The van der Waals surface area contributed by atoms with Crippen LogP contribution < -0.4 is 5.32 Å². The molecule has 1 amide bonds. The lowest BCUT2D eigenvalue weighted by atomic mass is 9.98. The summed E-state index contributed by atoms with van der Waals surface area (Å²) in [5, 5.41) is 24.4. The summed E-state index contributed by atoms with van der Waals surface area (Å²) in [5.41, 5.74) is -0.529. The SMILES string of the molecule is N#Cc1ccc(C(=O)NCC(O)(c2ccco2)c2cccs2)cc1. The Morgan fingerprint density at radius 2 is 2.04 bits per heavy atom. The van der Waals surface area contributed by atoms with Crippen LogP contribution in [0, 0.1) is 11.3 Å². The van der Waals surface area contributed by atoms with E-state index in [1.165, 1.54) is 17.6 Å². The maximum atomic E-state index is 12.3. The molecule has 120 valence electrons. The monoisotopic (exact) mass is 338 g/mol. The van der Waals surface area contributed by atoms with Crippen molar-refractivity contribution in [2.75, 3.05) is 6.54 Å².